The van der Waals surface area contributed by atoms with Crippen LogP contribution in [0.4, 0.5) is 17.1 Å². The number of ether oxygens (including phenoxy) is 2. The molecule has 0 amide bonds. The fourth-order valence-corrected chi connectivity index (χ4v) is 13.6. The number of nitrogens with zero attached hydrogens (tertiary/aromatic N) is 1. The first-order chi connectivity index (χ1) is 37.2. The number of anilines is 3. The summed E-state index contributed by atoms with van der Waals surface area (Å²) in [6, 6.07) is 100. The topological polar surface area (TPSA) is 21.7 Å². The molecule has 2 aliphatic heterocycles. The van der Waals surface area contributed by atoms with Gasteiger partial charge < -0.3 is 14.4 Å². The fourth-order valence-electron chi connectivity index (χ4n) is 13.6. The third kappa shape index (κ3) is 5.75. The summed E-state index contributed by atoms with van der Waals surface area (Å²) in [5, 5.41) is 2.37. The number of rotatable bonds is 5. The van der Waals surface area contributed by atoms with E-state index in [1.807, 2.05) is 0 Å². The largest absolute Gasteiger partial charge is 0.457 e. The molecule has 12 aromatic carbocycles. The van der Waals surface area contributed by atoms with E-state index in [1.54, 1.807) is 0 Å². The highest BCUT2D eigenvalue weighted by Crippen LogP contribution is 2.66. The number of fused-ring (bicyclic) bond motifs is 20. The van der Waals surface area contributed by atoms with Crippen LogP contribution in [-0.2, 0) is 10.8 Å². The molecule has 3 nitrogen and oxygen atoms in total. The van der Waals surface area contributed by atoms with E-state index >= 15 is 0 Å². The van der Waals surface area contributed by atoms with Crippen LogP contribution in [0.15, 0.2) is 273 Å². The van der Waals surface area contributed by atoms with Crippen molar-refractivity contribution in [2.45, 2.75) is 10.8 Å². The number of para-hydroxylation sites is 4. The maximum absolute atomic E-state index is 6.83. The summed E-state index contributed by atoms with van der Waals surface area (Å²) in [7, 11) is 0. The molecule has 2 aliphatic carbocycles. The SMILES string of the molecule is c1ccc(-c2ccc(-c3ccc(N(c4ccc5c(c4)C4(c6ccccc6Oc6ccccc64)c4ccccc4-5)c4cc5c(c6ccccc46)-c4ccccc4C54c5ccccc5Oc5ccccc54)cc3)cc2)cc1. The molecular weight excluding hydrogens is 911 g/mol. The standard InChI is InChI=1S/C72H45NO2/c1-2-18-46(19-3-1)47-34-36-48(37-35-47)49-38-40-50(41-39-49)73(51-42-43-53-52-20-6-8-24-57(52)71(63(53)44-51)59-26-10-14-30-66(59)74-67-31-15-11-27-60(67)71)65-45-64-70(55-22-5-4-21-54(55)65)56-23-7-9-25-58(56)72(64)61-28-12-16-32-68(61)75-69-33-17-13-29-62(69)72/h1-45H. The lowest BCUT2D eigenvalue weighted by Gasteiger charge is -2.40. The van der Waals surface area contributed by atoms with E-state index in [0.717, 1.165) is 73.3 Å². The number of hydrogen-bond acceptors (Lipinski definition) is 3. The second-order valence-corrected chi connectivity index (χ2v) is 20.2. The second kappa shape index (κ2) is 15.9. The Bertz CT molecular complexity index is 4220. The molecule has 0 radical (unpaired) electrons. The number of benzene rings is 12. The average Bonchev–Trinajstić information content (AvgIpc) is 3.97. The Kier molecular flexibility index (Phi) is 8.88. The van der Waals surface area contributed by atoms with Crippen LogP contribution in [-0.4, -0.2) is 0 Å². The van der Waals surface area contributed by atoms with E-state index < -0.39 is 10.8 Å². The molecule has 4 aliphatic rings. The molecule has 16 rings (SSSR count). The van der Waals surface area contributed by atoms with Gasteiger partial charge in [-0.1, -0.05) is 218 Å². The Hall–Kier alpha value is -9.70. The van der Waals surface area contributed by atoms with Gasteiger partial charge in [-0.05, 0) is 127 Å². The Balaban J connectivity index is 0.977. The van der Waals surface area contributed by atoms with Crippen molar-refractivity contribution < 1.29 is 9.47 Å². The third-order valence-electron chi connectivity index (χ3n) is 16.6. The molecule has 0 saturated heterocycles. The van der Waals surface area contributed by atoms with Crippen molar-refractivity contribution in [1.82, 2.24) is 0 Å². The molecule has 0 aromatic heterocycles. The van der Waals surface area contributed by atoms with Gasteiger partial charge in [-0.3, -0.25) is 0 Å². The van der Waals surface area contributed by atoms with Gasteiger partial charge in [0.15, 0.2) is 0 Å². The first-order valence-corrected chi connectivity index (χ1v) is 25.9. The zero-order chi connectivity index (χ0) is 49.2. The minimum absolute atomic E-state index is 0.643. The molecule has 0 unspecified atom stereocenters. The van der Waals surface area contributed by atoms with E-state index in [4.69, 9.17) is 9.47 Å². The van der Waals surface area contributed by atoms with E-state index in [-0.39, 0.29) is 0 Å². The van der Waals surface area contributed by atoms with Gasteiger partial charge in [0.05, 0.1) is 16.5 Å². The predicted octanol–water partition coefficient (Wildman–Crippen LogP) is 18.6. The first-order valence-electron chi connectivity index (χ1n) is 25.9. The fraction of sp³-hybridized carbons (Fsp3) is 0.0278. The second-order valence-electron chi connectivity index (χ2n) is 20.2. The van der Waals surface area contributed by atoms with Crippen molar-refractivity contribution in [3.8, 4) is 67.5 Å². The van der Waals surface area contributed by atoms with Gasteiger partial charge in [0.1, 0.15) is 23.0 Å². The summed E-state index contributed by atoms with van der Waals surface area (Å²) in [4.78, 5) is 2.52. The quantitative estimate of drug-likeness (QED) is 0.172. The molecule has 0 bridgehead atoms. The maximum atomic E-state index is 6.83. The Morgan fingerprint density at radius 1 is 0.253 bits per heavy atom. The lowest BCUT2D eigenvalue weighted by molar-refractivity contribution is 0.436. The summed E-state index contributed by atoms with van der Waals surface area (Å²) in [5.74, 6) is 3.50. The van der Waals surface area contributed by atoms with Gasteiger partial charge in [0, 0.05) is 39.0 Å². The zero-order valence-corrected chi connectivity index (χ0v) is 40.7. The molecule has 3 heteroatoms. The molecule has 2 spiro atoms. The van der Waals surface area contributed by atoms with Gasteiger partial charge in [-0.15, -0.1) is 0 Å². The lowest BCUT2D eigenvalue weighted by Crippen LogP contribution is -2.32. The first kappa shape index (κ1) is 41.9. The van der Waals surface area contributed by atoms with Crippen LogP contribution in [0, 0.1) is 0 Å². The molecule has 350 valence electrons. The van der Waals surface area contributed by atoms with E-state index in [9.17, 15) is 0 Å². The van der Waals surface area contributed by atoms with Crippen LogP contribution in [0.3, 0.4) is 0 Å². The third-order valence-corrected chi connectivity index (χ3v) is 16.6. The van der Waals surface area contributed by atoms with Crippen molar-refractivity contribution in [3.63, 3.8) is 0 Å². The van der Waals surface area contributed by atoms with Crippen LogP contribution in [0.2, 0.25) is 0 Å². The highest BCUT2D eigenvalue weighted by Gasteiger charge is 2.53. The summed E-state index contributed by atoms with van der Waals surface area (Å²) < 4.78 is 13.6. The average molecular weight is 956 g/mol. The molecule has 0 atom stereocenters. The number of hydrogen-bond donors (Lipinski definition) is 0. The van der Waals surface area contributed by atoms with Crippen LogP contribution in [0.1, 0.15) is 44.5 Å². The minimum atomic E-state index is -0.670. The Morgan fingerprint density at radius 2 is 0.640 bits per heavy atom. The van der Waals surface area contributed by atoms with Crippen molar-refractivity contribution in [3.05, 3.63) is 317 Å². The van der Waals surface area contributed by atoms with Crippen LogP contribution in [0.5, 0.6) is 23.0 Å². The molecular formula is C72H45NO2. The highest BCUT2D eigenvalue weighted by atomic mass is 16.5. The molecule has 75 heavy (non-hydrogen) atoms. The molecule has 0 saturated carbocycles. The Labute approximate surface area is 435 Å². The van der Waals surface area contributed by atoms with Gasteiger partial charge in [-0.2, -0.15) is 0 Å². The van der Waals surface area contributed by atoms with Gasteiger partial charge >= 0.3 is 0 Å². The summed E-state index contributed by atoms with van der Waals surface area (Å²) in [5.41, 5.74) is 21.1. The van der Waals surface area contributed by atoms with Crippen molar-refractivity contribution >= 4 is 27.8 Å². The van der Waals surface area contributed by atoms with Crippen LogP contribution >= 0.6 is 0 Å². The summed E-state index contributed by atoms with van der Waals surface area (Å²) in [6.07, 6.45) is 0. The Morgan fingerprint density at radius 3 is 1.20 bits per heavy atom. The van der Waals surface area contributed by atoms with Crippen LogP contribution in [0.25, 0.3) is 55.3 Å². The molecule has 0 fully saturated rings. The zero-order valence-electron chi connectivity index (χ0n) is 40.7. The highest BCUT2D eigenvalue weighted by molar-refractivity contribution is 6.11. The summed E-state index contributed by atoms with van der Waals surface area (Å²) >= 11 is 0. The van der Waals surface area contributed by atoms with Crippen molar-refractivity contribution in [1.29, 1.82) is 0 Å². The van der Waals surface area contributed by atoms with E-state index in [2.05, 4.69) is 278 Å². The van der Waals surface area contributed by atoms with Gasteiger partial charge in [0.2, 0.25) is 0 Å². The normalized spacial score (nSPS) is 14.0. The van der Waals surface area contributed by atoms with Crippen molar-refractivity contribution in [2.24, 2.45) is 0 Å². The van der Waals surface area contributed by atoms with Crippen molar-refractivity contribution in [2.75, 3.05) is 4.90 Å². The summed E-state index contributed by atoms with van der Waals surface area (Å²) in [6.45, 7) is 0. The molecule has 2 heterocycles. The van der Waals surface area contributed by atoms with Gasteiger partial charge in [0.25, 0.3) is 0 Å². The van der Waals surface area contributed by atoms with E-state index in [1.165, 1.54) is 66.6 Å². The smallest absolute Gasteiger partial charge is 0.132 e. The predicted molar refractivity (Wildman–Crippen MR) is 304 cm³/mol. The maximum Gasteiger partial charge on any atom is 0.132 e. The van der Waals surface area contributed by atoms with Crippen LogP contribution < -0.4 is 14.4 Å². The molecule has 0 N–H and O–H groups in total. The van der Waals surface area contributed by atoms with Gasteiger partial charge in [-0.25, -0.2) is 0 Å². The lowest BCUT2D eigenvalue weighted by atomic mass is 9.66. The minimum Gasteiger partial charge on any atom is -0.457 e. The van der Waals surface area contributed by atoms with E-state index in [0.29, 0.717) is 0 Å². The monoisotopic (exact) mass is 955 g/mol. The molecule has 12 aromatic rings.